The van der Waals surface area contributed by atoms with Gasteiger partial charge in [0.2, 0.25) is 0 Å². The summed E-state index contributed by atoms with van der Waals surface area (Å²) in [6.45, 7) is 10.2. The van der Waals surface area contributed by atoms with Crippen molar-refractivity contribution in [3.05, 3.63) is 0 Å². The first-order valence-corrected chi connectivity index (χ1v) is 9.46. The van der Waals surface area contributed by atoms with Gasteiger partial charge >= 0.3 is 8.80 Å². The highest BCUT2D eigenvalue weighted by atomic mass is 28.4. The second kappa shape index (κ2) is 10.8. The molecule has 0 aliphatic heterocycles. The first-order chi connectivity index (χ1) is 9.07. The van der Waals surface area contributed by atoms with E-state index in [1.54, 1.807) is 0 Å². The van der Waals surface area contributed by atoms with E-state index in [0.29, 0.717) is 19.8 Å². The lowest BCUT2D eigenvalue weighted by Gasteiger charge is -2.38. The molecular formula is C14H33NO3Si. The van der Waals surface area contributed by atoms with Crippen LogP contribution in [-0.2, 0) is 13.3 Å². The van der Waals surface area contributed by atoms with Gasteiger partial charge in [0.05, 0.1) is 5.67 Å². The summed E-state index contributed by atoms with van der Waals surface area (Å²) in [6.07, 6.45) is 4.75. The van der Waals surface area contributed by atoms with Crippen molar-refractivity contribution < 1.29 is 13.3 Å². The van der Waals surface area contributed by atoms with Crippen LogP contribution in [-0.4, -0.2) is 53.3 Å². The number of unbranched alkanes of at least 4 members (excludes halogenated alkanes) is 2. The van der Waals surface area contributed by atoms with Crippen LogP contribution in [0.5, 0.6) is 0 Å². The fourth-order valence-corrected chi connectivity index (χ4v) is 5.58. The smallest absolute Gasteiger partial charge is 0.373 e. The van der Waals surface area contributed by atoms with E-state index in [4.69, 9.17) is 13.3 Å². The van der Waals surface area contributed by atoms with E-state index in [-0.39, 0.29) is 5.67 Å². The van der Waals surface area contributed by atoms with Crippen molar-refractivity contribution in [1.29, 1.82) is 0 Å². The fourth-order valence-electron chi connectivity index (χ4n) is 2.36. The SMILES string of the molecule is CCCCCC(N(C)C)[Si](OCC)(OCC)OCC. The van der Waals surface area contributed by atoms with E-state index in [0.717, 1.165) is 6.42 Å². The Hall–Kier alpha value is 0.0569. The monoisotopic (exact) mass is 291 g/mol. The van der Waals surface area contributed by atoms with Crippen LogP contribution >= 0.6 is 0 Å². The van der Waals surface area contributed by atoms with Crippen LogP contribution in [0.4, 0.5) is 0 Å². The van der Waals surface area contributed by atoms with E-state index in [1.807, 2.05) is 20.8 Å². The van der Waals surface area contributed by atoms with Gasteiger partial charge in [0, 0.05) is 19.8 Å². The first kappa shape index (κ1) is 19.1. The van der Waals surface area contributed by atoms with Gasteiger partial charge in [0.1, 0.15) is 0 Å². The minimum Gasteiger partial charge on any atom is -0.373 e. The van der Waals surface area contributed by atoms with Gasteiger partial charge in [0.15, 0.2) is 0 Å². The van der Waals surface area contributed by atoms with Gasteiger partial charge in [-0.1, -0.05) is 26.2 Å². The summed E-state index contributed by atoms with van der Waals surface area (Å²) < 4.78 is 18.1. The van der Waals surface area contributed by atoms with Crippen LogP contribution in [0, 0.1) is 0 Å². The van der Waals surface area contributed by atoms with E-state index >= 15 is 0 Å². The largest absolute Gasteiger partial charge is 0.519 e. The summed E-state index contributed by atoms with van der Waals surface area (Å²) in [6, 6.07) is 0. The molecule has 0 saturated carbocycles. The third-order valence-corrected chi connectivity index (χ3v) is 6.84. The van der Waals surface area contributed by atoms with E-state index in [2.05, 4.69) is 25.9 Å². The van der Waals surface area contributed by atoms with E-state index < -0.39 is 8.80 Å². The lowest BCUT2D eigenvalue weighted by atomic mass is 10.2. The molecule has 5 heteroatoms. The van der Waals surface area contributed by atoms with Gasteiger partial charge in [-0.15, -0.1) is 0 Å². The molecule has 0 aromatic heterocycles. The van der Waals surface area contributed by atoms with Crippen LogP contribution < -0.4 is 0 Å². The van der Waals surface area contributed by atoms with Gasteiger partial charge < -0.3 is 18.2 Å². The molecule has 0 amide bonds. The highest BCUT2D eigenvalue weighted by Crippen LogP contribution is 2.23. The second-order valence-electron chi connectivity index (χ2n) is 4.88. The topological polar surface area (TPSA) is 30.9 Å². The van der Waals surface area contributed by atoms with Crippen LogP contribution in [0.25, 0.3) is 0 Å². The van der Waals surface area contributed by atoms with Crippen molar-refractivity contribution in [2.45, 2.75) is 59.0 Å². The van der Waals surface area contributed by atoms with Crippen molar-refractivity contribution in [2.75, 3.05) is 33.9 Å². The molecule has 0 heterocycles. The summed E-state index contributed by atoms with van der Waals surface area (Å²) >= 11 is 0. The Morgan fingerprint density at radius 2 is 1.32 bits per heavy atom. The molecule has 0 aromatic carbocycles. The van der Waals surface area contributed by atoms with Gasteiger partial charge in [-0.2, -0.15) is 0 Å². The van der Waals surface area contributed by atoms with E-state index in [9.17, 15) is 0 Å². The standard InChI is InChI=1S/C14H33NO3Si/c1-7-11-12-13-14(15(5)6)19(16-8-2,17-9-3)18-10-4/h14H,7-13H2,1-6H3. The Balaban J connectivity index is 4.96. The van der Waals surface area contributed by atoms with Crippen molar-refractivity contribution >= 4 is 8.80 Å². The molecule has 0 aliphatic rings. The van der Waals surface area contributed by atoms with Gasteiger partial charge in [-0.3, -0.25) is 0 Å². The van der Waals surface area contributed by atoms with E-state index in [1.165, 1.54) is 19.3 Å². The van der Waals surface area contributed by atoms with Gasteiger partial charge in [-0.05, 0) is 41.3 Å². The molecule has 0 fully saturated rings. The minimum absolute atomic E-state index is 0.249. The third kappa shape index (κ3) is 6.36. The van der Waals surface area contributed by atoms with Crippen LogP contribution in [0.2, 0.25) is 0 Å². The third-order valence-electron chi connectivity index (χ3n) is 3.15. The van der Waals surface area contributed by atoms with Gasteiger partial charge in [-0.25, -0.2) is 0 Å². The van der Waals surface area contributed by atoms with Crippen molar-refractivity contribution in [3.63, 3.8) is 0 Å². The second-order valence-corrected chi connectivity index (χ2v) is 7.62. The molecule has 116 valence electrons. The average Bonchev–Trinajstić information content (AvgIpc) is 2.35. The first-order valence-electron chi connectivity index (χ1n) is 7.66. The normalized spacial score (nSPS) is 14.1. The van der Waals surface area contributed by atoms with Crippen molar-refractivity contribution in [3.8, 4) is 0 Å². The van der Waals surface area contributed by atoms with Crippen molar-refractivity contribution in [2.24, 2.45) is 0 Å². The molecule has 1 atom stereocenters. The summed E-state index contributed by atoms with van der Waals surface area (Å²) in [5.41, 5.74) is 0.249. The predicted octanol–water partition coefficient (Wildman–Crippen LogP) is 3.08. The number of hydrogen-bond donors (Lipinski definition) is 0. The number of hydrogen-bond acceptors (Lipinski definition) is 4. The number of rotatable bonds is 12. The number of nitrogens with zero attached hydrogens (tertiary/aromatic N) is 1. The molecule has 0 rings (SSSR count). The molecule has 1 unspecified atom stereocenters. The molecule has 0 aliphatic carbocycles. The summed E-state index contributed by atoms with van der Waals surface area (Å²) in [5, 5.41) is 0. The Kier molecular flexibility index (Phi) is 10.8. The zero-order valence-corrected chi connectivity index (χ0v) is 14.7. The maximum Gasteiger partial charge on any atom is 0.519 e. The highest BCUT2D eigenvalue weighted by molar-refractivity contribution is 6.62. The maximum atomic E-state index is 6.02. The molecule has 0 spiro atoms. The Labute approximate surface area is 120 Å². The quantitative estimate of drug-likeness (QED) is 0.408. The predicted molar refractivity (Wildman–Crippen MR) is 82.2 cm³/mol. The van der Waals surface area contributed by atoms with Crippen molar-refractivity contribution in [1.82, 2.24) is 4.90 Å². The molecule has 0 bridgehead atoms. The summed E-state index contributed by atoms with van der Waals surface area (Å²) in [5.74, 6) is 0. The highest BCUT2D eigenvalue weighted by Gasteiger charge is 2.50. The van der Waals surface area contributed by atoms with Crippen LogP contribution in [0.15, 0.2) is 0 Å². The zero-order valence-electron chi connectivity index (χ0n) is 13.7. The zero-order chi connectivity index (χ0) is 14.7. The molecule has 4 nitrogen and oxygen atoms in total. The fraction of sp³-hybridized carbons (Fsp3) is 1.00. The summed E-state index contributed by atoms with van der Waals surface area (Å²) in [7, 11) is 1.57. The summed E-state index contributed by atoms with van der Waals surface area (Å²) in [4.78, 5) is 2.21. The average molecular weight is 292 g/mol. The molecular weight excluding hydrogens is 258 g/mol. The minimum atomic E-state index is -2.61. The Morgan fingerprint density at radius 1 is 0.842 bits per heavy atom. The Morgan fingerprint density at radius 3 is 1.63 bits per heavy atom. The molecule has 19 heavy (non-hydrogen) atoms. The van der Waals surface area contributed by atoms with Gasteiger partial charge in [0.25, 0.3) is 0 Å². The van der Waals surface area contributed by atoms with Crippen LogP contribution in [0.3, 0.4) is 0 Å². The van der Waals surface area contributed by atoms with Crippen LogP contribution in [0.1, 0.15) is 53.4 Å². The molecule has 0 aromatic rings. The Bertz CT molecular complexity index is 198. The molecule has 0 radical (unpaired) electrons. The lowest BCUT2D eigenvalue weighted by Crippen LogP contribution is -2.61. The molecule has 0 N–H and O–H groups in total. The lowest BCUT2D eigenvalue weighted by molar-refractivity contribution is 0.0415. The molecule has 0 saturated heterocycles. The maximum absolute atomic E-state index is 6.02.